The quantitative estimate of drug-likeness (QED) is 0.817. The normalized spacial score (nSPS) is 27.5. The molecular weight excluding hydrogens is 374 g/mol. The van der Waals surface area contributed by atoms with Gasteiger partial charge >= 0.3 is 6.09 Å². The Labute approximate surface area is 139 Å². The molecular formula is C14H13BrClN3O3. The number of hydrogen-bond donors (Lipinski definition) is 1. The summed E-state index contributed by atoms with van der Waals surface area (Å²) in [5, 5.41) is 10.2. The van der Waals surface area contributed by atoms with E-state index in [2.05, 4.69) is 20.9 Å². The molecule has 3 atom stereocenters. The zero-order chi connectivity index (χ0) is 15.4. The van der Waals surface area contributed by atoms with E-state index >= 15 is 0 Å². The maximum atomic E-state index is 11.7. The van der Waals surface area contributed by atoms with E-state index in [-0.39, 0.29) is 18.0 Å². The highest BCUT2D eigenvalue weighted by molar-refractivity contribution is 9.10. The molecule has 1 N–H and O–H groups in total. The third-order valence-electron chi connectivity index (χ3n) is 4.50. The number of fused-ring (bicyclic) bond motifs is 2. The van der Waals surface area contributed by atoms with Crippen LogP contribution in [0, 0.1) is 5.92 Å². The van der Waals surface area contributed by atoms with Crippen LogP contribution in [0.2, 0.25) is 5.02 Å². The second kappa shape index (κ2) is 5.11. The molecule has 0 radical (unpaired) electrons. The van der Waals surface area contributed by atoms with Crippen LogP contribution in [-0.4, -0.2) is 44.7 Å². The van der Waals surface area contributed by atoms with Crippen molar-refractivity contribution in [2.45, 2.75) is 18.5 Å². The molecule has 4 heterocycles. The molecule has 22 heavy (non-hydrogen) atoms. The summed E-state index contributed by atoms with van der Waals surface area (Å²) in [7, 11) is 0. The number of carboxylic acid groups (broad SMARTS) is 1. The summed E-state index contributed by atoms with van der Waals surface area (Å²) in [5.74, 6) is 0.924. The van der Waals surface area contributed by atoms with Crippen molar-refractivity contribution in [2.75, 3.05) is 13.2 Å². The standard InChI is InChI=1S/C14H13BrClN3O3/c15-12-11-8(16)2-1-3-18(11)13(17-12)9-4-7-5-22-6-10(7)19(9)14(20)21/h1-3,7,9-10H,4-6H2,(H,20,21)/t7-,9+,10-/m1/s1. The lowest BCUT2D eigenvalue weighted by atomic mass is 10.0. The van der Waals surface area contributed by atoms with Gasteiger partial charge in [0.05, 0.1) is 35.8 Å². The Morgan fingerprint density at radius 2 is 2.32 bits per heavy atom. The first kappa shape index (κ1) is 14.3. The second-order valence-electron chi connectivity index (χ2n) is 5.64. The number of ether oxygens (including phenoxy) is 1. The van der Waals surface area contributed by atoms with Crippen LogP contribution in [0.3, 0.4) is 0 Å². The minimum Gasteiger partial charge on any atom is -0.465 e. The molecule has 0 saturated carbocycles. The Morgan fingerprint density at radius 3 is 3.09 bits per heavy atom. The molecule has 2 fully saturated rings. The van der Waals surface area contributed by atoms with E-state index in [1.807, 2.05) is 16.7 Å². The predicted molar refractivity (Wildman–Crippen MR) is 83.2 cm³/mol. The monoisotopic (exact) mass is 385 g/mol. The molecule has 0 unspecified atom stereocenters. The van der Waals surface area contributed by atoms with Crippen molar-refractivity contribution in [1.82, 2.24) is 14.3 Å². The largest absolute Gasteiger partial charge is 0.465 e. The van der Waals surface area contributed by atoms with Gasteiger partial charge in [-0.1, -0.05) is 11.6 Å². The molecule has 6 nitrogen and oxygen atoms in total. The van der Waals surface area contributed by atoms with Crippen LogP contribution < -0.4 is 0 Å². The van der Waals surface area contributed by atoms with Gasteiger partial charge in [0.2, 0.25) is 0 Å². The molecule has 1 amide bonds. The van der Waals surface area contributed by atoms with Gasteiger partial charge in [-0.05, 0) is 34.5 Å². The highest BCUT2D eigenvalue weighted by atomic mass is 79.9. The molecule has 0 bridgehead atoms. The average Bonchev–Trinajstić information content (AvgIpc) is 3.10. The van der Waals surface area contributed by atoms with Gasteiger partial charge in [-0.2, -0.15) is 0 Å². The number of rotatable bonds is 1. The number of hydrogen-bond acceptors (Lipinski definition) is 3. The number of nitrogens with zero attached hydrogens (tertiary/aromatic N) is 3. The van der Waals surface area contributed by atoms with Crippen molar-refractivity contribution in [3.05, 3.63) is 33.8 Å². The van der Waals surface area contributed by atoms with Gasteiger partial charge in [-0.15, -0.1) is 0 Å². The number of likely N-dealkylation sites (tertiary alicyclic amines) is 1. The lowest BCUT2D eigenvalue weighted by molar-refractivity contribution is 0.0978. The zero-order valence-corrected chi connectivity index (χ0v) is 13.8. The number of imidazole rings is 1. The predicted octanol–water partition coefficient (Wildman–Crippen LogP) is 3.19. The van der Waals surface area contributed by atoms with Crippen LogP contribution >= 0.6 is 27.5 Å². The van der Waals surface area contributed by atoms with Gasteiger partial charge in [0.15, 0.2) is 0 Å². The summed E-state index contributed by atoms with van der Waals surface area (Å²) in [6.07, 6.45) is 1.64. The highest BCUT2D eigenvalue weighted by Gasteiger charge is 2.49. The lowest BCUT2D eigenvalue weighted by Crippen LogP contribution is -2.39. The van der Waals surface area contributed by atoms with Crippen LogP contribution in [-0.2, 0) is 4.74 Å². The average molecular weight is 387 g/mol. The molecule has 0 aliphatic carbocycles. The van der Waals surface area contributed by atoms with E-state index in [0.29, 0.717) is 28.7 Å². The van der Waals surface area contributed by atoms with E-state index < -0.39 is 6.09 Å². The van der Waals surface area contributed by atoms with E-state index in [0.717, 1.165) is 11.9 Å². The number of carbonyl (C=O) groups is 1. The summed E-state index contributed by atoms with van der Waals surface area (Å²) in [4.78, 5) is 17.8. The number of amides is 1. The van der Waals surface area contributed by atoms with E-state index in [1.54, 1.807) is 6.07 Å². The fourth-order valence-corrected chi connectivity index (χ4v) is 4.52. The smallest absolute Gasteiger partial charge is 0.408 e. The summed E-state index contributed by atoms with van der Waals surface area (Å²) in [5.41, 5.74) is 0.762. The van der Waals surface area contributed by atoms with Crippen LogP contribution in [0.1, 0.15) is 18.3 Å². The van der Waals surface area contributed by atoms with Crippen LogP contribution in [0.15, 0.2) is 22.9 Å². The van der Waals surface area contributed by atoms with Gasteiger partial charge in [0.25, 0.3) is 0 Å². The molecule has 0 spiro atoms. The van der Waals surface area contributed by atoms with Crippen molar-refractivity contribution in [3.63, 3.8) is 0 Å². The molecule has 116 valence electrons. The molecule has 4 rings (SSSR count). The molecule has 0 aromatic carbocycles. The Morgan fingerprint density at radius 1 is 1.50 bits per heavy atom. The van der Waals surface area contributed by atoms with Crippen LogP contribution in [0.4, 0.5) is 4.79 Å². The Hall–Kier alpha value is -1.31. The van der Waals surface area contributed by atoms with E-state index in [4.69, 9.17) is 16.3 Å². The molecule has 2 aliphatic heterocycles. The third-order valence-corrected chi connectivity index (χ3v) is 5.36. The third kappa shape index (κ3) is 1.96. The fourth-order valence-electron chi connectivity index (χ4n) is 3.57. The highest BCUT2D eigenvalue weighted by Crippen LogP contribution is 2.43. The number of aromatic nitrogens is 2. The second-order valence-corrected chi connectivity index (χ2v) is 6.80. The van der Waals surface area contributed by atoms with Gasteiger partial charge in [0.1, 0.15) is 10.4 Å². The maximum absolute atomic E-state index is 11.7. The minimum absolute atomic E-state index is 0.0900. The summed E-state index contributed by atoms with van der Waals surface area (Å²) < 4.78 is 7.93. The molecule has 2 saturated heterocycles. The first-order chi connectivity index (χ1) is 10.6. The summed E-state index contributed by atoms with van der Waals surface area (Å²) in [6, 6.07) is 3.25. The van der Waals surface area contributed by atoms with Crippen LogP contribution in [0.5, 0.6) is 0 Å². The van der Waals surface area contributed by atoms with Gasteiger partial charge in [0, 0.05) is 12.1 Å². The van der Waals surface area contributed by atoms with Crippen molar-refractivity contribution in [2.24, 2.45) is 5.92 Å². The maximum Gasteiger partial charge on any atom is 0.408 e. The SMILES string of the molecule is O=C(O)N1[C@@H]2COC[C@H]2C[C@H]1c1nc(Br)c2c(Cl)cccn12. The van der Waals surface area contributed by atoms with Gasteiger partial charge in [-0.3, -0.25) is 9.30 Å². The number of halogens is 2. The topological polar surface area (TPSA) is 67.1 Å². The fraction of sp³-hybridized carbons (Fsp3) is 0.429. The summed E-state index contributed by atoms with van der Waals surface area (Å²) >= 11 is 9.66. The van der Waals surface area contributed by atoms with Crippen LogP contribution in [0.25, 0.3) is 5.52 Å². The molecule has 2 aliphatic rings. The van der Waals surface area contributed by atoms with Crippen molar-refractivity contribution < 1.29 is 14.6 Å². The van der Waals surface area contributed by atoms with Crippen molar-refractivity contribution in [1.29, 1.82) is 0 Å². The molecule has 2 aromatic heterocycles. The molecule has 2 aromatic rings. The van der Waals surface area contributed by atoms with E-state index in [1.165, 1.54) is 4.90 Å². The Kier molecular flexibility index (Phi) is 3.32. The first-order valence-corrected chi connectivity index (χ1v) is 8.16. The number of pyridine rings is 1. The van der Waals surface area contributed by atoms with Crippen molar-refractivity contribution in [3.8, 4) is 0 Å². The lowest BCUT2D eigenvalue weighted by Gasteiger charge is -2.25. The van der Waals surface area contributed by atoms with E-state index in [9.17, 15) is 9.90 Å². The summed E-state index contributed by atoms with van der Waals surface area (Å²) in [6.45, 7) is 1.06. The first-order valence-electron chi connectivity index (χ1n) is 6.99. The van der Waals surface area contributed by atoms with Crippen molar-refractivity contribution >= 4 is 39.1 Å². The minimum atomic E-state index is -0.932. The molecule has 8 heteroatoms. The zero-order valence-electron chi connectivity index (χ0n) is 11.4. The Bertz CT molecular complexity index is 765. The van der Waals surface area contributed by atoms with Gasteiger partial charge in [-0.25, -0.2) is 9.78 Å². The van der Waals surface area contributed by atoms with Gasteiger partial charge < -0.3 is 9.84 Å². The Balaban J connectivity index is 1.85.